The van der Waals surface area contributed by atoms with Gasteiger partial charge in [-0.3, -0.25) is 0 Å². The molecule has 2 aromatic carbocycles. The lowest BCUT2D eigenvalue weighted by Crippen LogP contribution is -2.26. The summed E-state index contributed by atoms with van der Waals surface area (Å²) < 4.78 is 6.81. The summed E-state index contributed by atoms with van der Waals surface area (Å²) in [6.45, 7) is 3.90. The second-order valence-corrected chi connectivity index (χ2v) is 5.65. The highest BCUT2D eigenvalue weighted by Gasteiger charge is 2.05. The lowest BCUT2D eigenvalue weighted by atomic mass is 10.1. The van der Waals surface area contributed by atoms with Crippen molar-refractivity contribution in [1.82, 2.24) is 5.32 Å². The summed E-state index contributed by atoms with van der Waals surface area (Å²) in [5.74, 6) is 0.874. The van der Waals surface area contributed by atoms with Crippen LogP contribution in [0.25, 0.3) is 10.8 Å². The molecule has 0 heterocycles. The van der Waals surface area contributed by atoms with Gasteiger partial charge in [0.15, 0.2) is 0 Å². The van der Waals surface area contributed by atoms with Gasteiger partial charge in [-0.1, -0.05) is 30.3 Å². The Labute approximate surface area is 128 Å². The van der Waals surface area contributed by atoms with Gasteiger partial charge in [0.05, 0.1) is 17.2 Å². The van der Waals surface area contributed by atoms with Gasteiger partial charge in [-0.25, -0.2) is 0 Å². The third kappa shape index (κ3) is 4.20. The minimum absolute atomic E-state index is 0.300. The molecule has 108 valence electrons. The summed E-state index contributed by atoms with van der Waals surface area (Å²) >= 11 is 3.61. The van der Waals surface area contributed by atoms with E-state index in [1.807, 2.05) is 18.2 Å². The molecule has 0 aliphatic heterocycles. The fourth-order valence-electron chi connectivity index (χ4n) is 2.02. The van der Waals surface area contributed by atoms with Crippen LogP contribution in [0.5, 0.6) is 5.75 Å². The van der Waals surface area contributed by atoms with Crippen LogP contribution < -0.4 is 10.1 Å². The van der Waals surface area contributed by atoms with Crippen LogP contribution in [0.4, 0.5) is 0 Å². The van der Waals surface area contributed by atoms with E-state index in [4.69, 9.17) is 9.84 Å². The lowest BCUT2D eigenvalue weighted by molar-refractivity contribution is 0.190. The highest BCUT2D eigenvalue weighted by molar-refractivity contribution is 9.10. The van der Waals surface area contributed by atoms with Gasteiger partial charge in [-0.15, -0.1) is 0 Å². The van der Waals surface area contributed by atoms with Crippen LogP contribution in [0.3, 0.4) is 0 Å². The number of nitrogens with one attached hydrogen (secondary N) is 1. The zero-order valence-corrected chi connectivity index (χ0v) is 13.2. The van der Waals surface area contributed by atoms with Crippen molar-refractivity contribution in [2.75, 3.05) is 19.7 Å². The SMILES string of the molecule is C[C@H](O)CNCCCOc1ccc2ccccc2c1Br. The molecule has 0 radical (unpaired) electrons. The van der Waals surface area contributed by atoms with Crippen molar-refractivity contribution in [1.29, 1.82) is 0 Å². The van der Waals surface area contributed by atoms with Gasteiger partial charge in [0.2, 0.25) is 0 Å². The number of aliphatic hydroxyl groups is 1. The Morgan fingerprint density at radius 2 is 2.05 bits per heavy atom. The Hall–Kier alpha value is -1.10. The lowest BCUT2D eigenvalue weighted by Gasteiger charge is -2.11. The Morgan fingerprint density at radius 3 is 2.85 bits per heavy atom. The second kappa shape index (κ2) is 7.62. The predicted molar refractivity (Wildman–Crippen MR) is 86.3 cm³/mol. The Kier molecular flexibility index (Phi) is 5.83. The van der Waals surface area contributed by atoms with E-state index < -0.39 is 0 Å². The number of halogens is 1. The maximum absolute atomic E-state index is 9.12. The van der Waals surface area contributed by atoms with Crippen LogP contribution in [-0.2, 0) is 0 Å². The van der Waals surface area contributed by atoms with Crippen molar-refractivity contribution in [3.05, 3.63) is 40.9 Å². The maximum Gasteiger partial charge on any atom is 0.134 e. The van der Waals surface area contributed by atoms with E-state index in [1.165, 1.54) is 5.39 Å². The molecule has 0 saturated carbocycles. The van der Waals surface area contributed by atoms with E-state index >= 15 is 0 Å². The third-order valence-corrected chi connectivity index (χ3v) is 3.84. The molecule has 2 aromatic rings. The van der Waals surface area contributed by atoms with E-state index in [9.17, 15) is 0 Å². The smallest absolute Gasteiger partial charge is 0.134 e. The van der Waals surface area contributed by atoms with E-state index in [1.54, 1.807) is 6.92 Å². The molecule has 0 amide bonds. The molecule has 3 nitrogen and oxygen atoms in total. The molecule has 0 fully saturated rings. The minimum atomic E-state index is -0.300. The van der Waals surface area contributed by atoms with Crippen LogP contribution in [0.1, 0.15) is 13.3 Å². The quantitative estimate of drug-likeness (QED) is 0.761. The first-order valence-electron chi connectivity index (χ1n) is 6.87. The highest BCUT2D eigenvalue weighted by Crippen LogP contribution is 2.32. The largest absolute Gasteiger partial charge is 0.492 e. The topological polar surface area (TPSA) is 41.5 Å². The normalized spacial score (nSPS) is 12.6. The van der Waals surface area contributed by atoms with Gasteiger partial charge >= 0.3 is 0 Å². The first-order valence-corrected chi connectivity index (χ1v) is 7.66. The van der Waals surface area contributed by atoms with Gasteiger partial charge in [0.25, 0.3) is 0 Å². The van der Waals surface area contributed by atoms with Crippen LogP contribution in [0.15, 0.2) is 40.9 Å². The molecule has 0 spiro atoms. The average molecular weight is 338 g/mol. The van der Waals surface area contributed by atoms with E-state index in [0.29, 0.717) is 13.2 Å². The number of rotatable bonds is 7. The van der Waals surface area contributed by atoms with Gasteiger partial charge in [-0.2, -0.15) is 0 Å². The first kappa shape index (κ1) is 15.3. The number of aliphatic hydroxyl groups excluding tert-OH is 1. The van der Waals surface area contributed by atoms with E-state index in [0.717, 1.165) is 28.6 Å². The van der Waals surface area contributed by atoms with Crippen molar-refractivity contribution in [2.24, 2.45) is 0 Å². The zero-order chi connectivity index (χ0) is 14.4. The number of hydrogen-bond acceptors (Lipinski definition) is 3. The van der Waals surface area contributed by atoms with Gasteiger partial charge in [0.1, 0.15) is 5.75 Å². The molecular weight excluding hydrogens is 318 g/mol. The van der Waals surface area contributed by atoms with E-state index in [2.05, 4.69) is 39.4 Å². The Morgan fingerprint density at radius 1 is 1.25 bits per heavy atom. The third-order valence-electron chi connectivity index (χ3n) is 3.02. The summed E-state index contributed by atoms with van der Waals surface area (Å²) in [6, 6.07) is 12.3. The molecule has 4 heteroatoms. The van der Waals surface area contributed by atoms with Crippen molar-refractivity contribution in [3.63, 3.8) is 0 Å². The number of ether oxygens (including phenoxy) is 1. The molecule has 0 aromatic heterocycles. The van der Waals surface area contributed by atoms with Crippen molar-refractivity contribution < 1.29 is 9.84 Å². The van der Waals surface area contributed by atoms with Crippen LogP contribution in [0, 0.1) is 0 Å². The van der Waals surface area contributed by atoms with Crippen molar-refractivity contribution >= 4 is 26.7 Å². The molecule has 2 N–H and O–H groups in total. The molecule has 0 aliphatic rings. The van der Waals surface area contributed by atoms with Crippen LogP contribution in [-0.4, -0.2) is 30.9 Å². The van der Waals surface area contributed by atoms with E-state index in [-0.39, 0.29) is 6.10 Å². The van der Waals surface area contributed by atoms with Gasteiger partial charge < -0.3 is 15.2 Å². The zero-order valence-electron chi connectivity index (χ0n) is 11.6. The minimum Gasteiger partial charge on any atom is -0.492 e. The van der Waals surface area contributed by atoms with Crippen LogP contribution in [0.2, 0.25) is 0 Å². The van der Waals surface area contributed by atoms with Gasteiger partial charge in [0, 0.05) is 6.54 Å². The average Bonchev–Trinajstić information content (AvgIpc) is 2.45. The molecule has 0 bridgehead atoms. The summed E-state index contributed by atoms with van der Waals surface area (Å²) in [5.41, 5.74) is 0. The second-order valence-electron chi connectivity index (χ2n) is 4.85. The number of fused-ring (bicyclic) bond motifs is 1. The molecule has 0 saturated heterocycles. The summed E-state index contributed by atoms with van der Waals surface area (Å²) in [6.07, 6.45) is 0.608. The monoisotopic (exact) mass is 337 g/mol. The maximum atomic E-state index is 9.12. The molecule has 2 rings (SSSR count). The fraction of sp³-hybridized carbons (Fsp3) is 0.375. The first-order chi connectivity index (χ1) is 9.68. The summed E-state index contributed by atoms with van der Waals surface area (Å²) in [7, 11) is 0. The molecular formula is C16H20BrNO2. The van der Waals surface area contributed by atoms with Gasteiger partial charge in [-0.05, 0) is 52.7 Å². The summed E-state index contributed by atoms with van der Waals surface area (Å²) in [4.78, 5) is 0. The molecule has 1 atom stereocenters. The Balaban J connectivity index is 1.86. The standard InChI is InChI=1S/C16H20BrNO2/c1-12(19)11-18-9-4-10-20-15-8-7-13-5-2-3-6-14(13)16(15)17/h2-3,5-8,12,18-19H,4,9-11H2,1H3/t12-/m0/s1. The van der Waals surface area contributed by atoms with Crippen molar-refractivity contribution in [3.8, 4) is 5.75 Å². The molecule has 0 unspecified atom stereocenters. The fourth-order valence-corrected chi connectivity index (χ4v) is 2.62. The predicted octanol–water partition coefficient (Wildman–Crippen LogP) is 3.34. The van der Waals surface area contributed by atoms with Crippen molar-refractivity contribution in [2.45, 2.75) is 19.4 Å². The number of hydrogen-bond donors (Lipinski definition) is 2. The molecule has 0 aliphatic carbocycles. The highest BCUT2D eigenvalue weighted by atomic mass is 79.9. The molecule has 20 heavy (non-hydrogen) atoms. The number of benzene rings is 2. The van der Waals surface area contributed by atoms with Crippen LogP contribution >= 0.6 is 15.9 Å². The summed E-state index contributed by atoms with van der Waals surface area (Å²) in [5, 5.41) is 14.7. The Bertz CT molecular complexity index is 557.